The predicted octanol–water partition coefficient (Wildman–Crippen LogP) is 2.99. The molecule has 0 radical (unpaired) electrons. The summed E-state index contributed by atoms with van der Waals surface area (Å²) in [5, 5.41) is 0. The highest BCUT2D eigenvalue weighted by molar-refractivity contribution is 5.92. The maximum absolute atomic E-state index is 12.9. The summed E-state index contributed by atoms with van der Waals surface area (Å²) >= 11 is 0. The first-order valence-electron chi connectivity index (χ1n) is 7.77. The summed E-state index contributed by atoms with van der Waals surface area (Å²) in [7, 11) is 1.51. The molecule has 0 aromatic carbocycles. The number of imidazole rings is 1. The van der Waals surface area contributed by atoms with E-state index < -0.39 is 17.7 Å². The van der Waals surface area contributed by atoms with Crippen LogP contribution in [-0.4, -0.2) is 38.4 Å². The molecule has 3 heterocycles. The quantitative estimate of drug-likeness (QED) is 0.778. The summed E-state index contributed by atoms with van der Waals surface area (Å²) in [6.07, 6.45) is -1.30. The molecule has 0 aliphatic carbocycles. The number of piperidine rings is 1. The second-order valence-electron chi connectivity index (χ2n) is 6.04. The normalized spacial score (nSPS) is 18.4. The molecule has 1 saturated heterocycles. The Morgan fingerprint density at radius 3 is 2.68 bits per heavy atom. The minimum Gasteiger partial charge on any atom is -0.337 e. The van der Waals surface area contributed by atoms with Gasteiger partial charge in [-0.3, -0.25) is 4.79 Å². The van der Waals surface area contributed by atoms with Gasteiger partial charge in [0.25, 0.3) is 5.91 Å². The van der Waals surface area contributed by atoms with E-state index in [0.717, 1.165) is 18.5 Å². The molecule has 0 saturated carbocycles. The number of nitrogens with zero attached hydrogens (tertiary/aromatic N) is 4. The number of alkyl halides is 3. The van der Waals surface area contributed by atoms with Crippen molar-refractivity contribution in [3.63, 3.8) is 0 Å². The van der Waals surface area contributed by atoms with E-state index in [9.17, 15) is 22.4 Å². The highest BCUT2D eigenvalue weighted by atomic mass is 19.4. The van der Waals surface area contributed by atoms with Crippen molar-refractivity contribution < 1.29 is 22.4 Å². The summed E-state index contributed by atoms with van der Waals surface area (Å²) in [4.78, 5) is 21.5. The van der Waals surface area contributed by atoms with Crippen molar-refractivity contribution in [3.8, 4) is 0 Å². The first-order chi connectivity index (χ1) is 11.8. The van der Waals surface area contributed by atoms with E-state index >= 15 is 0 Å². The van der Waals surface area contributed by atoms with Crippen LogP contribution in [0.5, 0.6) is 0 Å². The van der Waals surface area contributed by atoms with Crippen LogP contribution >= 0.6 is 0 Å². The molecule has 134 valence electrons. The molecule has 1 atom stereocenters. The third-order valence-electron chi connectivity index (χ3n) is 4.22. The third-order valence-corrected chi connectivity index (χ3v) is 4.22. The second kappa shape index (κ2) is 6.45. The number of halogens is 4. The lowest BCUT2D eigenvalue weighted by Crippen LogP contribution is -2.40. The number of likely N-dealkylation sites (tertiary alicyclic amines) is 1. The van der Waals surface area contributed by atoms with Crippen LogP contribution in [0.4, 0.5) is 17.6 Å². The smallest absolute Gasteiger partial charge is 0.337 e. The maximum Gasteiger partial charge on any atom is 0.434 e. The standard InChI is InChI=1S/C16H16F4N4O/c1-23-9-13(16(18,19)20)22-14(23)10-3-2-6-24(8-10)15(25)12-5-4-11(17)7-21-12/h4-5,7,9-10H,2-3,6,8H2,1H3/t10-/m0/s1. The fourth-order valence-electron chi connectivity index (χ4n) is 3.03. The average molecular weight is 356 g/mol. The van der Waals surface area contributed by atoms with Gasteiger partial charge in [-0.15, -0.1) is 0 Å². The van der Waals surface area contributed by atoms with Crippen molar-refractivity contribution in [2.45, 2.75) is 24.9 Å². The van der Waals surface area contributed by atoms with Gasteiger partial charge in [0.15, 0.2) is 5.69 Å². The molecular weight excluding hydrogens is 340 g/mol. The Balaban J connectivity index is 1.78. The van der Waals surface area contributed by atoms with Crippen molar-refractivity contribution >= 4 is 5.91 Å². The number of hydrogen-bond donors (Lipinski definition) is 0. The number of pyridine rings is 1. The third kappa shape index (κ3) is 3.64. The molecule has 1 fully saturated rings. The van der Waals surface area contributed by atoms with E-state index in [2.05, 4.69) is 9.97 Å². The fourth-order valence-corrected chi connectivity index (χ4v) is 3.03. The van der Waals surface area contributed by atoms with E-state index in [4.69, 9.17) is 0 Å². The van der Waals surface area contributed by atoms with Gasteiger partial charge in [-0.1, -0.05) is 0 Å². The Labute approximate surface area is 141 Å². The SMILES string of the molecule is Cn1cc(C(F)(F)F)nc1[C@H]1CCCN(C(=O)c2ccc(F)cn2)C1. The summed E-state index contributed by atoms with van der Waals surface area (Å²) < 4.78 is 52.8. The Hall–Kier alpha value is -2.45. The van der Waals surface area contributed by atoms with Gasteiger partial charge in [0, 0.05) is 32.3 Å². The summed E-state index contributed by atoms with van der Waals surface area (Å²) in [6.45, 7) is 0.727. The van der Waals surface area contributed by atoms with Gasteiger partial charge < -0.3 is 9.47 Å². The van der Waals surface area contributed by atoms with Crippen LogP contribution in [0.2, 0.25) is 0 Å². The van der Waals surface area contributed by atoms with E-state index in [1.165, 1.54) is 22.6 Å². The van der Waals surface area contributed by atoms with Gasteiger partial charge in [0.1, 0.15) is 17.3 Å². The minimum atomic E-state index is -4.50. The van der Waals surface area contributed by atoms with Crippen LogP contribution in [0.1, 0.15) is 40.8 Å². The van der Waals surface area contributed by atoms with Crippen LogP contribution in [0, 0.1) is 5.82 Å². The van der Waals surface area contributed by atoms with Crippen molar-refractivity contribution in [1.82, 2.24) is 19.4 Å². The first kappa shape index (κ1) is 17.4. The molecule has 25 heavy (non-hydrogen) atoms. The van der Waals surface area contributed by atoms with Crippen molar-refractivity contribution in [2.75, 3.05) is 13.1 Å². The lowest BCUT2D eigenvalue weighted by Gasteiger charge is -2.32. The van der Waals surface area contributed by atoms with Crippen LogP contribution in [-0.2, 0) is 13.2 Å². The Morgan fingerprint density at radius 1 is 1.32 bits per heavy atom. The van der Waals surface area contributed by atoms with Gasteiger partial charge in [0.05, 0.1) is 6.20 Å². The predicted molar refractivity (Wildman–Crippen MR) is 80.3 cm³/mol. The zero-order valence-corrected chi connectivity index (χ0v) is 13.4. The second-order valence-corrected chi connectivity index (χ2v) is 6.04. The molecule has 3 rings (SSSR count). The molecule has 2 aromatic rings. The monoisotopic (exact) mass is 356 g/mol. The molecular formula is C16H16F4N4O. The zero-order chi connectivity index (χ0) is 18.2. The van der Waals surface area contributed by atoms with Crippen molar-refractivity contribution in [2.24, 2.45) is 7.05 Å². The van der Waals surface area contributed by atoms with Gasteiger partial charge in [-0.05, 0) is 25.0 Å². The van der Waals surface area contributed by atoms with Crippen LogP contribution in [0.3, 0.4) is 0 Å². The van der Waals surface area contributed by atoms with Crippen molar-refractivity contribution in [1.29, 1.82) is 0 Å². The van der Waals surface area contributed by atoms with E-state index in [1.54, 1.807) is 0 Å². The van der Waals surface area contributed by atoms with Crippen molar-refractivity contribution in [3.05, 3.63) is 47.6 Å². The van der Waals surface area contributed by atoms with Crippen LogP contribution in [0.15, 0.2) is 24.5 Å². The number of carbonyl (C=O) groups excluding carboxylic acids is 1. The van der Waals surface area contributed by atoms with Crippen LogP contribution < -0.4 is 0 Å². The van der Waals surface area contributed by atoms with Crippen LogP contribution in [0.25, 0.3) is 0 Å². The van der Waals surface area contributed by atoms with E-state index in [-0.39, 0.29) is 24.1 Å². The molecule has 1 amide bonds. The molecule has 0 unspecified atom stereocenters. The van der Waals surface area contributed by atoms with Gasteiger partial charge in [-0.2, -0.15) is 13.2 Å². The number of aromatic nitrogens is 3. The molecule has 0 spiro atoms. The Kier molecular flexibility index (Phi) is 4.49. The average Bonchev–Trinajstić information content (AvgIpc) is 2.97. The highest BCUT2D eigenvalue weighted by Crippen LogP contribution is 2.32. The maximum atomic E-state index is 12.9. The molecule has 9 heteroatoms. The minimum absolute atomic E-state index is 0.109. The summed E-state index contributed by atoms with van der Waals surface area (Å²) in [5.41, 5.74) is -0.827. The number of rotatable bonds is 2. The summed E-state index contributed by atoms with van der Waals surface area (Å²) in [5.74, 6) is -0.896. The largest absolute Gasteiger partial charge is 0.434 e. The zero-order valence-electron chi connectivity index (χ0n) is 13.4. The van der Waals surface area contributed by atoms with Gasteiger partial charge in [-0.25, -0.2) is 14.4 Å². The molecule has 1 aliphatic rings. The first-order valence-corrected chi connectivity index (χ1v) is 7.77. The molecule has 5 nitrogen and oxygen atoms in total. The summed E-state index contributed by atoms with van der Waals surface area (Å²) in [6, 6.07) is 2.44. The lowest BCUT2D eigenvalue weighted by molar-refractivity contribution is -0.141. The number of amides is 1. The van der Waals surface area contributed by atoms with Gasteiger partial charge >= 0.3 is 6.18 Å². The fraction of sp³-hybridized carbons (Fsp3) is 0.438. The highest BCUT2D eigenvalue weighted by Gasteiger charge is 2.36. The molecule has 0 N–H and O–H groups in total. The lowest BCUT2D eigenvalue weighted by atomic mass is 9.97. The molecule has 0 bridgehead atoms. The number of carbonyl (C=O) groups is 1. The Bertz CT molecular complexity index is 769. The molecule has 1 aliphatic heterocycles. The number of hydrogen-bond acceptors (Lipinski definition) is 3. The Morgan fingerprint density at radius 2 is 2.08 bits per heavy atom. The van der Waals surface area contributed by atoms with Gasteiger partial charge in [0.2, 0.25) is 0 Å². The molecule has 2 aromatic heterocycles. The van der Waals surface area contributed by atoms with E-state index in [0.29, 0.717) is 25.2 Å². The topological polar surface area (TPSA) is 51.0 Å². The number of aryl methyl sites for hydroxylation is 1. The van der Waals surface area contributed by atoms with E-state index in [1.807, 2.05) is 0 Å².